The van der Waals surface area contributed by atoms with Gasteiger partial charge in [0.2, 0.25) is 0 Å². The standard InChI is InChI=1S/C13H24N2O5/c16-10-4-2-1-3-7-14-12(17)20-11-5-8-15(9-6-11)13(18)19/h11,16H,1-10H2,(H,14,17)(H,18,19). The lowest BCUT2D eigenvalue weighted by Crippen LogP contribution is -2.41. The van der Waals surface area contributed by atoms with Crippen LogP contribution in [0, 0.1) is 0 Å². The Morgan fingerprint density at radius 2 is 1.80 bits per heavy atom. The first-order chi connectivity index (χ1) is 9.63. The molecular formula is C13H24N2O5. The first-order valence-electron chi connectivity index (χ1n) is 7.16. The SMILES string of the molecule is O=C(NCCCCCCO)OC1CCN(C(=O)O)CC1. The van der Waals surface area contributed by atoms with Crippen molar-refractivity contribution in [3.8, 4) is 0 Å². The van der Waals surface area contributed by atoms with Crippen LogP contribution < -0.4 is 5.32 Å². The van der Waals surface area contributed by atoms with Gasteiger partial charge in [0, 0.05) is 39.1 Å². The summed E-state index contributed by atoms with van der Waals surface area (Å²) in [5.41, 5.74) is 0. The van der Waals surface area contributed by atoms with Crippen molar-refractivity contribution in [3.05, 3.63) is 0 Å². The van der Waals surface area contributed by atoms with Crippen molar-refractivity contribution in [2.24, 2.45) is 0 Å². The highest BCUT2D eigenvalue weighted by atomic mass is 16.6. The molecule has 1 saturated heterocycles. The fourth-order valence-electron chi connectivity index (χ4n) is 2.14. The largest absolute Gasteiger partial charge is 0.465 e. The van der Waals surface area contributed by atoms with Gasteiger partial charge >= 0.3 is 12.2 Å². The van der Waals surface area contributed by atoms with E-state index in [1.807, 2.05) is 0 Å². The quantitative estimate of drug-likeness (QED) is 0.615. The van der Waals surface area contributed by atoms with Crippen LogP contribution in [0.15, 0.2) is 0 Å². The second-order valence-electron chi connectivity index (χ2n) is 4.94. The molecule has 0 aromatic heterocycles. The summed E-state index contributed by atoms with van der Waals surface area (Å²) >= 11 is 0. The summed E-state index contributed by atoms with van der Waals surface area (Å²) in [6.45, 7) is 1.60. The van der Waals surface area contributed by atoms with Gasteiger partial charge < -0.3 is 25.2 Å². The Morgan fingerprint density at radius 3 is 2.40 bits per heavy atom. The van der Waals surface area contributed by atoms with Crippen LogP contribution >= 0.6 is 0 Å². The first kappa shape index (κ1) is 16.6. The zero-order valence-electron chi connectivity index (χ0n) is 11.7. The molecule has 1 aliphatic rings. The molecule has 1 aliphatic heterocycles. The summed E-state index contributed by atoms with van der Waals surface area (Å²) in [6.07, 6.45) is 3.15. The summed E-state index contributed by atoms with van der Waals surface area (Å²) < 4.78 is 5.24. The number of ether oxygens (including phenoxy) is 1. The van der Waals surface area contributed by atoms with Gasteiger partial charge in [0.05, 0.1) is 0 Å². The van der Waals surface area contributed by atoms with Crippen LogP contribution in [0.5, 0.6) is 0 Å². The third-order valence-electron chi connectivity index (χ3n) is 3.34. The van der Waals surface area contributed by atoms with Gasteiger partial charge in [0.25, 0.3) is 0 Å². The third-order valence-corrected chi connectivity index (χ3v) is 3.34. The van der Waals surface area contributed by atoms with Gasteiger partial charge in [-0.15, -0.1) is 0 Å². The molecule has 7 heteroatoms. The van der Waals surface area contributed by atoms with Crippen molar-refractivity contribution in [3.63, 3.8) is 0 Å². The second-order valence-corrected chi connectivity index (χ2v) is 4.94. The number of likely N-dealkylation sites (tertiary alicyclic amines) is 1. The number of nitrogens with one attached hydrogen (secondary N) is 1. The Bertz CT molecular complexity index is 303. The Balaban J connectivity index is 2.04. The lowest BCUT2D eigenvalue weighted by Gasteiger charge is -2.29. The van der Waals surface area contributed by atoms with Gasteiger partial charge in [-0.05, 0) is 12.8 Å². The maximum absolute atomic E-state index is 11.5. The normalized spacial score (nSPS) is 15.9. The molecule has 0 atom stereocenters. The minimum absolute atomic E-state index is 0.194. The second kappa shape index (κ2) is 9.41. The number of carbonyl (C=O) groups excluding carboxylic acids is 1. The Labute approximate surface area is 118 Å². The van der Waals surface area contributed by atoms with E-state index in [9.17, 15) is 9.59 Å². The number of nitrogens with zero attached hydrogens (tertiary/aromatic N) is 1. The highest BCUT2D eigenvalue weighted by Crippen LogP contribution is 2.13. The van der Waals surface area contributed by atoms with Gasteiger partial charge in [-0.2, -0.15) is 0 Å². The molecule has 0 saturated carbocycles. The van der Waals surface area contributed by atoms with Gasteiger partial charge in [0.15, 0.2) is 0 Å². The van der Waals surface area contributed by atoms with Gasteiger partial charge in [-0.1, -0.05) is 12.8 Å². The highest BCUT2D eigenvalue weighted by molar-refractivity contribution is 5.67. The van der Waals surface area contributed by atoms with E-state index in [2.05, 4.69) is 5.32 Å². The molecule has 0 unspecified atom stereocenters. The molecule has 1 heterocycles. The number of alkyl carbamates (subject to hydrolysis) is 1. The number of rotatable bonds is 7. The molecule has 2 amide bonds. The molecule has 1 fully saturated rings. The van der Waals surface area contributed by atoms with Crippen LogP contribution in [0.4, 0.5) is 9.59 Å². The van der Waals surface area contributed by atoms with Crippen molar-refractivity contribution >= 4 is 12.2 Å². The number of aliphatic hydroxyl groups excluding tert-OH is 1. The molecule has 0 radical (unpaired) electrons. The van der Waals surface area contributed by atoms with Crippen molar-refractivity contribution in [1.82, 2.24) is 10.2 Å². The zero-order valence-corrected chi connectivity index (χ0v) is 11.7. The van der Waals surface area contributed by atoms with Crippen LogP contribution in [-0.2, 0) is 4.74 Å². The van der Waals surface area contributed by atoms with Gasteiger partial charge in [-0.25, -0.2) is 9.59 Å². The predicted octanol–water partition coefficient (Wildman–Crippen LogP) is 1.41. The van der Waals surface area contributed by atoms with Crippen LogP contribution in [0.3, 0.4) is 0 Å². The van der Waals surface area contributed by atoms with E-state index in [0.29, 0.717) is 32.5 Å². The number of amides is 2. The van der Waals surface area contributed by atoms with Gasteiger partial charge in [-0.3, -0.25) is 0 Å². The molecule has 116 valence electrons. The fourth-order valence-corrected chi connectivity index (χ4v) is 2.14. The molecule has 7 nitrogen and oxygen atoms in total. The molecular weight excluding hydrogens is 264 g/mol. The molecule has 0 aliphatic carbocycles. The highest BCUT2D eigenvalue weighted by Gasteiger charge is 2.24. The molecule has 0 aromatic rings. The van der Waals surface area contributed by atoms with Crippen LogP contribution in [0.1, 0.15) is 38.5 Å². The molecule has 0 bridgehead atoms. The molecule has 20 heavy (non-hydrogen) atoms. The minimum Gasteiger partial charge on any atom is -0.465 e. The van der Waals surface area contributed by atoms with E-state index in [1.54, 1.807) is 0 Å². The van der Waals surface area contributed by atoms with Crippen molar-refractivity contribution in [1.29, 1.82) is 0 Å². The number of hydrogen-bond acceptors (Lipinski definition) is 4. The maximum Gasteiger partial charge on any atom is 0.407 e. The topological polar surface area (TPSA) is 99.1 Å². The Hall–Kier alpha value is -1.50. The van der Waals surface area contributed by atoms with E-state index in [1.165, 1.54) is 4.90 Å². The van der Waals surface area contributed by atoms with Crippen LogP contribution in [0.25, 0.3) is 0 Å². The van der Waals surface area contributed by atoms with E-state index in [-0.39, 0.29) is 12.7 Å². The summed E-state index contributed by atoms with van der Waals surface area (Å²) in [7, 11) is 0. The number of hydrogen-bond donors (Lipinski definition) is 3. The summed E-state index contributed by atoms with van der Waals surface area (Å²) in [4.78, 5) is 23.6. The average Bonchev–Trinajstić information content (AvgIpc) is 2.43. The monoisotopic (exact) mass is 288 g/mol. The van der Waals surface area contributed by atoms with Crippen molar-refractivity contribution < 1.29 is 24.5 Å². The molecule has 0 aromatic carbocycles. The predicted molar refractivity (Wildman–Crippen MR) is 72.7 cm³/mol. The Morgan fingerprint density at radius 1 is 1.15 bits per heavy atom. The van der Waals surface area contributed by atoms with Crippen LogP contribution in [-0.4, -0.2) is 59.6 Å². The number of carbonyl (C=O) groups is 2. The number of piperidine rings is 1. The lowest BCUT2D eigenvalue weighted by molar-refractivity contribution is 0.0511. The molecule has 0 spiro atoms. The van der Waals surface area contributed by atoms with Crippen LogP contribution in [0.2, 0.25) is 0 Å². The Kier molecular flexibility index (Phi) is 7.79. The smallest absolute Gasteiger partial charge is 0.407 e. The summed E-state index contributed by atoms with van der Waals surface area (Å²) in [5, 5.41) is 20.1. The molecule has 1 rings (SSSR count). The summed E-state index contributed by atoms with van der Waals surface area (Å²) in [5.74, 6) is 0. The lowest BCUT2D eigenvalue weighted by atomic mass is 10.1. The van der Waals surface area contributed by atoms with E-state index in [4.69, 9.17) is 14.9 Å². The van der Waals surface area contributed by atoms with E-state index in [0.717, 1.165) is 25.7 Å². The van der Waals surface area contributed by atoms with E-state index < -0.39 is 12.2 Å². The number of unbranched alkanes of at least 4 members (excludes halogenated alkanes) is 3. The fraction of sp³-hybridized carbons (Fsp3) is 0.846. The van der Waals surface area contributed by atoms with Crippen molar-refractivity contribution in [2.75, 3.05) is 26.2 Å². The average molecular weight is 288 g/mol. The number of carboxylic acid groups (broad SMARTS) is 1. The minimum atomic E-state index is -0.921. The molecule has 3 N–H and O–H groups in total. The van der Waals surface area contributed by atoms with E-state index >= 15 is 0 Å². The maximum atomic E-state index is 11.5. The zero-order chi connectivity index (χ0) is 14.8. The third kappa shape index (κ3) is 6.60. The number of aliphatic hydroxyl groups is 1. The summed E-state index contributed by atoms with van der Waals surface area (Å²) in [6, 6.07) is 0. The van der Waals surface area contributed by atoms with Crippen molar-refractivity contribution in [2.45, 2.75) is 44.6 Å². The van der Waals surface area contributed by atoms with Gasteiger partial charge in [0.1, 0.15) is 6.10 Å². The first-order valence-corrected chi connectivity index (χ1v) is 7.16.